The molecule has 1 heterocycles. The summed E-state index contributed by atoms with van der Waals surface area (Å²) in [5.41, 5.74) is 4.87. The Balaban J connectivity index is 1.88. The lowest BCUT2D eigenvalue weighted by Gasteiger charge is -2.26. The van der Waals surface area contributed by atoms with Crippen molar-refractivity contribution in [2.75, 3.05) is 0 Å². The van der Waals surface area contributed by atoms with Gasteiger partial charge in [-0.3, -0.25) is 4.98 Å². The topological polar surface area (TPSA) is 12.9 Å². The molecule has 0 radical (unpaired) electrons. The number of benzene rings is 2. The van der Waals surface area contributed by atoms with E-state index in [1.54, 1.807) is 0 Å². The Labute approximate surface area is 152 Å². The fraction of sp³-hybridized carbons (Fsp3) is 0.261. The Hall–Kier alpha value is -2.19. The molecule has 0 spiro atoms. The van der Waals surface area contributed by atoms with E-state index < -0.39 is 8.07 Å². The van der Waals surface area contributed by atoms with Crippen LogP contribution in [-0.2, 0) is 5.41 Å². The maximum atomic E-state index is 4.70. The molecular formula is C23H27NSi. The maximum absolute atomic E-state index is 4.70. The van der Waals surface area contributed by atoms with Crippen molar-refractivity contribution >= 4 is 13.3 Å². The highest BCUT2D eigenvalue weighted by Gasteiger charge is 2.22. The van der Waals surface area contributed by atoms with Gasteiger partial charge in [0.05, 0.1) is 13.8 Å². The molecule has 0 atom stereocenters. The van der Waals surface area contributed by atoms with Crippen molar-refractivity contribution in [3.05, 3.63) is 84.1 Å². The molecule has 128 valence electrons. The van der Waals surface area contributed by atoms with Crippen molar-refractivity contribution in [2.45, 2.75) is 38.9 Å². The minimum atomic E-state index is -1.29. The van der Waals surface area contributed by atoms with Gasteiger partial charge in [-0.1, -0.05) is 94.2 Å². The predicted octanol–water partition coefficient (Wildman–Crippen LogP) is 5.62. The molecule has 25 heavy (non-hydrogen) atoms. The fourth-order valence-electron chi connectivity index (χ4n) is 3.09. The molecule has 0 amide bonds. The zero-order valence-electron chi connectivity index (χ0n) is 15.9. The Morgan fingerprint density at radius 2 is 1.32 bits per heavy atom. The summed E-state index contributed by atoms with van der Waals surface area (Å²) >= 11 is 0. The summed E-state index contributed by atoms with van der Waals surface area (Å²) in [5, 5.41) is 1.40. The lowest BCUT2D eigenvalue weighted by Crippen LogP contribution is -2.37. The van der Waals surface area contributed by atoms with Gasteiger partial charge in [-0.25, -0.2) is 0 Å². The largest absolute Gasteiger partial charge is 0.256 e. The first kappa shape index (κ1) is 17.6. The zero-order valence-corrected chi connectivity index (χ0v) is 16.9. The Morgan fingerprint density at radius 3 is 1.84 bits per heavy atom. The SMILES string of the molecule is CC(C)(c1ccccc1)c1ccc(-c2ccc([Si](C)(C)C)cn2)cc1. The van der Waals surface area contributed by atoms with Crippen LogP contribution < -0.4 is 5.19 Å². The van der Waals surface area contributed by atoms with Crippen LogP contribution in [0.1, 0.15) is 25.0 Å². The van der Waals surface area contributed by atoms with Crippen LogP contribution >= 0.6 is 0 Å². The molecule has 0 aliphatic rings. The van der Waals surface area contributed by atoms with Crippen molar-refractivity contribution in [3.63, 3.8) is 0 Å². The molecule has 2 heteroatoms. The van der Waals surface area contributed by atoms with Gasteiger partial charge in [-0.2, -0.15) is 0 Å². The lowest BCUT2D eigenvalue weighted by atomic mass is 9.78. The molecule has 0 saturated heterocycles. The molecule has 0 N–H and O–H groups in total. The van der Waals surface area contributed by atoms with Gasteiger partial charge in [0.1, 0.15) is 0 Å². The van der Waals surface area contributed by atoms with E-state index in [1.165, 1.54) is 21.9 Å². The minimum Gasteiger partial charge on any atom is -0.256 e. The number of pyridine rings is 1. The smallest absolute Gasteiger partial charge is 0.0796 e. The Bertz CT molecular complexity index is 826. The third-order valence-corrected chi connectivity index (χ3v) is 7.06. The van der Waals surface area contributed by atoms with Crippen LogP contribution in [0.3, 0.4) is 0 Å². The van der Waals surface area contributed by atoms with E-state index in [1.807, 2.05) is 0 Å². The van der Waals surface area contributed by atoms with E-state index in [0.717, 1.165) is 5.69 Å². The summed E-state index contributed by atoms with van der Waals surface area (Å²) in [6, 6.07) is 23.9. The summed E-state index contributed by atoms with van der Waals surface area (Å²) < 4.78 is 0. The van der Waals surface area contributed by atoms with Gasteiger partial charge in [0, 0.05) is 17.2 Å². The van der Waals surface area contributed by atoms with E-state index in [2.05, 4.69) is 106 Å². The molecule has 0 bridgehead atoms. The summed E-state index contributed by atoms with van der Waals surface area (Å²) in [7, 11) is -1.29. The van der Waals surface area contributed by atoms with Crippen LogP contribution in [0.4, 0.5) is 0 Å². The van der Waals surface area contributed by atoms with Crippen molar-refractivity contribution < 1.29 is 0 Å². The van der Waals surface area contributed by atoms with E-state index in [-0.39, 0.29) is 5.41 Å². The first-order chi connectivity index (χ1) is 11.8. The van der Waals surface area contributed by atoms with Crippen molar-refractivity contribution in [2.24, 2.45) is 0 Å². The van der Waals surface area contributed by atoms with Crippen molar-refractivity contribution in [3.8, 4) is 11.3 Å². The first-order valence-electron chi connectivity index (χ1n) is 8.91. The highest BCUT2D eigenvalue weighted by molar-refractivity contribution is 6.88. The number of hydrogen-bond acceptors (Lipinski definition) is 1. The van der Waals surface area contributed by atoms with E-state index in [9.17, 15) is 0 Å². The molecule has 0 saturated carbocycles. The second kappa shape index (κ2) is 6.60. The Kier molecular flexibility index (Phi) is 4.66. The number of hydrogen-bond donors (Lipinski definition) is 0. The monoisotopic (exact) mass is 345 g/mol. The average Bonchev–Trinajstić information content (AvgIpc) is 2.62. The van der Waals surface area contributed by atoms with Crippen molar-refractivity contribution in [1.29, 1.82) is 0 Å². The molecule has 0 unspecified atom stereocenters. The van der Waals surface area contributed by atoms with Crippen LogP contribution in [0.25, 0.3) is 11.3 Å². The van der Waals surface area contributed by atoms with Crippen LogP contribution in [0.15, 0.2) is 72.9 Å². The highest BCUT2D eigenvalue weighted by atomic mass is 28.3. The van der Waals surface area contributed by atoms with Gasteiger partial charge >= 0.3 is 0 Å². The van der Waals surface area contributed by atoms with Gasteiger partial charge in [0.2, 0.25) is 0 Å². The fourth-order valence-corrected chi connectivity index (χ4v) is 4.12. The Morgan fingerprint density at radius 1 is 0.720 bits per heavy atom. The third-order valence-electron chi connectivity index (χ3n) is 5.03. The normalized spacial score (nSPS) is 12.2. The molecule has 0 fully saturated rings. The second-order valence-corrected chi connectivity index (χ2v) is 13.3. The maximum Gasteiger partial charge on any atom is 0.0796 e. The van der Waals surface area contributed by atoms with E-state index in [0.29, 0.717) is 0 Å². The molecule has 2 aromatic carbocycles. The van der Waals surface area contributed by atoms with E-state index in [4.69, 9.17) is 4.98 Å². The zero-order chi connectivity index (χ0) is 18.1. The van der Waals surface area contributed by atoms with Crippen LogP contribution in [0.2, 0.25) is 19.6 Å². The molecule has 0 aliphatic carbocycles. The molecule has 0 aliphatic heterocycles. The van der Waals surface area contributed by atoms with Gasteiger partial charge in [-0.15, -0.1) is 0 Å². The molecule has 1 nitrogen and oxygen atoms in total. The van der Waals surface area contributed by atoms with Gasteiger partial charge in [-0.05, 0) is 22.4 Å². The summed E-state index contributed by atoms with van der Waals surface area (Å²) in [4.78, 5) is 4.70. The number of nitrogens with zero attached hydrogens (tertiary/aromatic N) is 1. The average molecular weight is 346 g/mol. The summed E-state index contributed by atoms with van der Waals surface area (Å²) in [5.74, 6) is 0. The van der Waals surface area contributed by atoms with Gasteiger partial charge in [0.25, 0.3) is 0 Å². The summed E-state index contributed by atoms with van der Waals surface area (Å²) in [6.45, 7) is 11.6. The quantitative estimate of drug-likeness (QED) is 0.559. The molecule has 3 rings (SSSR count). The highest BCUT2D eigenvalue weighted by Crippen LogP contribution is 2.32. The molecule has 1 aromatic heterocycles. The predicted molar refractivity (Wildman–Crippen MR) is 111 cm³/mol. The molecule has 3 aromatic rings. The van der Waals surface area contributed by atoms with Crippen molar-refractivity contribution in [1.82, 2.24) is 4.98 Å². The first-order valence-corrected chi connectivity index (χ1v) is 12.4. The minimum absolute atomic E-state index is 0.00505. The van der Waals surface area contributed by atoms with Crippen LogP contribution in [0, 0.1) is 0 Å². The number of aromatic nitrogens is 1. The number of rotatable bonds is 4. The lowest BCUT2D eigenvalue weighted by molar-refractivity contribution is 0.641. The summed E-state index contributed by atoms with van der Waals surface area (Å²) in [6.07, 6.45) is 2.06. The van der Waals surface area contributed by atoms with Crippen LogP contribution in [-0.4, -0.2) is 13.1 Å². The van der Waals surface area contributed by atoms with Gasteiger partial charge in [0.15, 0.2) is 0 Å². The van der Waals surface area contributed by atoms with Gasteiger partial charge < -0.3 is 0 Å². The third kappa shape index (κ3) is 3.74. The van der Waals surface area contributed by atoms with E-state index >= 15 is 0 Å². The second-order valence-electron chi connectivity index (χ2n) is 8.25. The van der Waals surface area contributed by atoms with Crippen LogP contribution in [0.5, 0.6) is 0 Å². The standard InChI is InChI=1S/C23H27NSi/c1-23(2,19-9-7-6-8-10-19)20-13-11-18(12-14-20)22-16-15-21(17-24-22)25(3,4)5/h6-17H,1-5H3. The molecular weight excluding hydrogens is 318 g/mol.